The largest absolute Gasteiger partial charge is 0.496 e. The van der Waals surface area contributed by atoms with E-state index in [4.69, 9.17) is 10.5 Å². The van der Waals surface area contributed by atoms with Gasteiger partial charge in [-0.1, -0.05) is 23.9 Å². The van der Waals surface area contributed by atoms with Gasteiger partial charge in [0.25, 0.3) is 0 Å². The Morgan fingerprint density at radius 2 is 1.86 bits per heavy atom. The average molecular weight is 411 g/mol. The van der Waals surface area contributed by atoms with E-state index in [9.17, 15) is 9.59 Å². The molecule has 1 heterocycles. The molecule has 0 aliphatic rings. The van der Waals surface area contributed by atoms with Crippen LogP contribution in [0.3, 0.4) is 0 Å². The monoisotopic (exact) mass is 411 g/mol. The van der Waals surface area contributed by atoms with E-state index in [0.717, 1.165) is 5.56 Å². The summed E-state index contributed by atoms with van der Waals surface area (Å²) < 4.78 is 7.36. The highest BCUT2D eigenvalue weighted by Crippen LogP contribution is 2.30. The van der Waals surface area contributed by atoms with Crippen molar-refractivity contribution < 1.29 is 14.3 Å². The lowest BCUT2D eigenvalue weighted by molar-refractivity contribution is -0.113. The van der Waals surface area contributed by atoms with Crippen LogP contribution in [0.15, 0.2) is 53.7 Å². The summed E-state index contributed by atoms with van der Waals surface area (Å²) in [5, 5.41) is 12.0. The van der Waals surface area contributed by atoms with Crippen LogP contribution in [0, 0.1) is 0 Å². The van der Waals surface area contributed by atoms with E-state index in [2.05, 4.69) is 15.5 Å². The number of amides is 2. The molecule has 0 saturated heterocycles. The number of carbonyl (C=O) groups is 2. The van der Waals surface area contributed by atoms with Gasteiger partial charge >= 0.3 is 0 Å². The molecule has 2 amide bonds. The molecule has 3 N–H and O–H groups in total. The van der Waals surface area contributed by atoms with E-state index >= 15 is 0 Å². The molecule has 3 rings (SSSR count). The zero-order chi connectivity index (χ0) is 20.8. The number of carbonyl (C=O) groups excluding carboxylic acids is 2. The van der Waals surface area contributed by atoms with E-state index in [0.29, 0.717) is 34.5 Å². The zero-order valence-corrected chi connectivity index (χ0v) is 16.9. The normalized spacial score (nSPS) is 10.6. The van der Waals surface area contributed by atoms with Gasteiger partial charge in [-0.25, -0.2) is 0 Å². The van der Waals surface area contributed by atoms with Crippen LogP contribution in [0.2, 0.25) is 0 Å². The number of hydrogen-bond donors (Lipinski definition) is 2. The van der Waals surface area contributed by atoms with Crippen LogP contribution in [-0.2, 0) is 11.3 Å². The maximum Gasteiger partial charge on any atom is 0.248 e. The van der Waals surface area contributed by atoms with Crippen molar-refractivity contribution in [2.45, 2.75) is 18.6 Å². The van der Waals surface area contributed by atoms with Gasteiger partial charge in [0.05, 0.1) is 18.4 Å². The average Bonchev–Trinajstić information content (AvgIpc) is 3.15. The van der Waals surface area contributed by atoms with Crippen LogP contribution in [0.5, 0.6) is 5.75 Å². The number of rotatable bonds is 8. The van der Waals surface area contributed by atoms with Crippen LogP contribution >= 0.6 is 11.8 Å². The Labute approximate surface area is 172 Å². The molecular formula is C20H21N5O3S. The van der Waals surface area contributed by atoms with E-state index in [1.54, 1.807) is 31.4 Å². The summed E-state index contributed by atoms with van der Waals surface area (Å²) in [6, 6.07) is 14.0. The quantitative estimate of drug-likeness (QED) is 0.551. The minimum Gasteiger partial charge on any atom is -0.496 e. The number of anilines is 1. The summed E-state index contributed by atoms with van der Waals surface area (Å²) in [4.78, 5) is 23.4. The van der Waals surface area contributed by atoms with Crippen molar-refractivity contribution in [2.24, 2.45) is 5.73 Å². The van der Waals surface area contributed by atoms with Crippen molar-refractivity contribution in [1.29, 1.82) is 0 Å². The molecule has 0 radical (unpaired) electrons. The van der Waals surface area contributed by atoms with Gasteiger partial charge in [0.1, 0.15) is 5.75 Å². The van der Waals surface area contributed by atoms with Crippen molar-refractivity contribution in [3.63, 3.8) is 0 Å². The summed E-state index contributed by atoms with van der Waals surface area (Å²) in [5.74, 6) is 0.870. The molecule has 2 aromatic carbocycles. The number of nitrogens with zero attached hydrogens (tertiary/aromatic N) is 3. The Bertz CT molecular complexity index is 1020. The lowest BCUT2D eigenvalue weighted by Crippen LogP contribution is -2.15. The highest BCUT2D eigenvalue weighted by Gasteiger charge is 2.17. The van der Waals surface area contributed by atoms with Gasteiger partial charge in [0.2, 0.25) is 11.8 Å². The Morgan fingerprint density at radius 1 is 1.14 bits per heavy atom. The van der Waals surface area contributed by atoms with Crippen molar-refractivity contribution in [3.05, 3.63) is 54.1 Å². The standard InChI is InChI=1S/C20H21N5O3S/c1-3-25-19(15-6-4-5-7-16(15)28-2)23-24-20(25)29-12-17(26)22-14-10-8-13(9-11-14)18(21)27/h4-11H,3,12H2,1-2H3,(H2,21,27)(H,22,26). The van der Waals surface area contributed by atoms with Crippen molar-refractivity contribution in [2.75, 3.05) is 18.2 Å². The first kappa shape index (κ1) is 20.4. The Kier molecular flexibility index (Phi) is 6.50. The second-order valence-electron chi connectivity index (χ2n) is 6.03. The first-order chi connectivity index (χ1) is 14.0. The summed E-state index contributed by atoms with van der Waals surface area (Å²) in [5.41, 5.74) is 7.03. The molecule has 0 atom stereocenters. The minimum absolute atomic E-state index is 0.168. The molecule has 9 heteroatoms. The number of thioether (sulfide) groups is 1. The Balaban J connectivity index is 1.68. The highest BCUT2D eigenvalue weighted by atomic mass is 32.2. The Morgan fingerprint density at radius 3 is 2.52 bits per heavy atom. The van der Waals surface area contributed by atoms with Crippen LogP contribution in [0.25, 0.3) is 11.4 Å². The molecule has 0 fully saturated rings. The molecule has 0 aliphatic heterocycles. The summed E-state index contributed by atoms with van der Waals surface area (Å²) >= 11 is 1.30. The highest BCUT2D eigenvalue weighted by molar-refractivity contribution is 7.99. The van der Waals surface area contributed by atoms with E-state index in [1.165, 1.54) is 11.8 Å². The molecule has 0 spiro atoms. The number of nitrogens with one attached hydrogen (secondary N) is 1. The fraction of sp³-hybridized carbons (Fsp3) is 0.200. The number of ether oxygens (including phenoxy) is 1. The fourth-order valence-corrected chi connectivity index (χ4v) is 3.56. The Hall–Kier alpha value is -3.33. The van der Waals surface area contributed by atoms with Crippen molar-refractivity contribution >= 4 is 29.3 Å². The van der Waals surface area contributed by atoms with Crippen LogP contribution < -0.4 is 15.8 Å². The molecule has 29 heavy (non-hydrogen) atoms. The van der Waals surface area contributed by atoms with Crippen LogP contribution in [-0.4, -0.2) is 39.4 Å². The third kappa shape index (κ3) is 4.75. The maximum absolute atomic E-state index is 12.3. The van der Waals surface area contributed by atoms with Gasteiger partial charge in [0.15, 0.2) is 11.0 Å². The number of primary amides is 1. The fourth-order valence-electron chi connectivity index (χ4n) is 2.75. The van der Waals surface area contributed by atoms with Crippen molar-refractivity contribution in [3.8, 4) is 17.1 Å². The second kappa shape index (κ2) is 9.24. The molecule has 3 aromatic rings. The van der Waals surface area contributed by atoms with Gasteiger partial charge in [-0.05, 0) is 43.3 Å². The van der Waals surface area contributed by atoms with Crippen LogP contribution in [0.1, 0.15) is 17.3 Å². The molecule has 150 valence electrons. The summed E-state index contributed by atoms with van der Waals surface area (Å²) in [6.45, 7) is 2.64. The third-order valence-electron chi connectivity index (χ3n) is 4.17. The molecule has 1 aromatic heterocycles. The van der Waals surface area contributed by atoms with Crippen molar-refractivity contribution in [1.82, 2.24) is 14.8 Å². The number of para-hydroxylation sites is 1. The number of aromatic nitrogens is 3. The topological polar surface area (TPSA) is 112 Å². The molecule has 0 unspecified atom stereocenters. The summed E-state index contributed by atoms with van der Waals surface area (Å²) in [7, 11) is 1.61. The third-order valence-corrected chi connectivity index (χ3v) is 5.13. The number of hydrogen-bond acceptors (Lipinski definition) is 6. The molecule has 0 bridgehead atoms. The molecule has 8 nitrogen and oxygen atoms in total. The first-order valence-electron chi connectivity index (χ1n) is 8.92. The molecule has 0 saturated carbocycles. The van der Waals surface area contributed by atoms with E-state index in [-0.39, 0.29) is 11.7 Å². The van der Waals surface area contributed by atoms with E-state index in [1.807, 2.05) is 35.8 Å². The number of benzene rings is 2. The van der Waals surface area contributed by atoms with Gasteiger partial charge in [-0.2, -0.15) is 0 Å². The maximum atomic E-state index is 12.3. The summed E-state index contributed by atoms with van der Waals surface area (Å²) in [6.07, 6.45) is 0. The minimum atomic E-state index is -0.511. The number of nitrogens with two attached hydrogens (primary N) is 1. The predicted molar refractivity (Wildman–Crippen MR) is 112 cm³/mol. The second-order valence-corrected chi connectivity index (χ2v) is 6.97. The predicted octanol–water partition coefficient (Wildman–Crippen LogP) is 2.80. The van der Waals surface area contributed by atoms with E-state index < -0.39 is 5.91 Å². The smallest absolute Gasteiger partial charge is 0.248 e. The van der Waals surface area contributed by atoms with Gasteiger partial charge in [-0.15, -0.1) is 10.2 Å². The van der Waals surface area contributed by atoms with Gasteiger partial charge in [0, 0.05) is 17.8 Å². The number of methoxy groups -OCH3 is 1. The zero-order valence-electron chi connectivity index (χ0n) is 16.1. The van der Waals surface area contributed by atoms with Crippen LogP contribution in [0.4, 0.5) is 5.69 Å². The SMILES string of the molecule is CCn1c(SCC(=O)Nc2ccc(C(N)=O)cc2)nnc1-c1ccccc1OC. The van der Waals surface area contributed by atoms with Gasteiger partial charge < -0.3 is 20.4 Å². The lowest BCUT2D eigenvalue weighted by Gasteiger charge is -2.10. The lowest BCUT2D eigenvalue weighted by atomic mass is 10.2. The van der Waals surface area contributed by atoms with Gasteiger partial charge in [-0.3, -0.25) is 9.59 Å². The molecular weight excluding hydrogens is 390 g/mol. The molecule has 0 aliphatic carbocycles. The first-order valence-corrected chi connectivity index (χ1v) is 9.91.